The maximum atomic E-state index is 12.2. The van der Waals surface area contributed by atoms with Crippen LogP contribution in [-0.4, -0.2) is 35.3 Å². The van der Waals surface area contributed by atoms with Crippen molar-refractivity contribution >= 4 is 18.5 Å². The number of nitrogens with zero attached hydrogens (tertiary/aromatic N) is 1. The van der Waals surface area contributed by atoms with E-state index < -0.39 is 7.12 Å². The van der Waals surface area contributed by atoms with E-state index in [0.29, 0.717) is 29.9 Å². The van der Waals surface area contributed by atoms with Gasteiger partial charge in [-0.15, -0.1) is 0 Å². The third kappa shape index (κ3) is 6.08. The number of aryl methyl sites for hydroxylation is 1. The molecule has 1 heterocycles. The van der Waals surface area contributed by atoms with Crippen LogP contribution < -0.4 is 16.3 Å². The van der Waals surface area contributed by atoms with Gasteiger partial charge in [0.2, 0.25) is 0 Å². The highest BCUT2D eigenvalue weighted by Gasteiger charge is 2.21. The number of hydrogen-bond donors (Lipinski definition) is 2. The zero-order valence-electron chi connectivity index (χ0n) is 16.3. The number of rotatable bonds is 8. The monoisotopic (exact) mass is 370 g/mol. The van der Waals surface area contributed by atoms with Gasteiger partial charge in [0, 0.05) is 37.5 Å². The van der Waals surface area contributed by atoms with E-state index in [0.717, 1.165) is 5.56 Å². The van der Waals surface area contributed by atoms with Crippen molar-refractivity contribution in [1.82, 2.24) is 9.88 Å². The van der Waals surface area contributed by atoms with Crippen LogP contribution in [0.5, 0.6) is 0 Å². The van der Waals surface area contributed by atoms with E-state index in [4.69, 9.17) is 4.65 Å². The van der Waals surface area contributed by atoms with Crippen molar-refractivity contribution in [2.45, 2.75) is 33.3 Å². The first-order chi connectivity index (χ1) is 12.8. The maximum absolute atomic E-state index is 12.2. The molecule has 0 spiro atoms. The van der Waals surface area contributed by atoms with Crippen LogP contribution in [-0.2, 0) is 18.1 Å². The molecule has 1 atom stereocenters. The Kier molecular flexibility index (Phi) is 7.39. The highest BCUT2D eigenvalue weighted by molar-refractivity contribution is 6.60. The topological polar surface area (TPSA) is 80.6 Å². The molecule has 0 aliphatic heterocycles. The Hall–Kier alpha value is -2.38. The van der Waals surface area contributed by atoms with Gasteiger partial charge in [-0.2, -0.15) is 0 Å². The largest absolute Gasteiger partial charge is 0.491 e. The van der Waals surface area contributed by atoms with Crippen molar-refractivity contribution in [3.8, 4) is 0 Å². The standard InChI is InChI=1S/C20H27BN2O4/c1-14(2)15(3)27-21(26)18-7-5-17(6-8-18)20(25)22-11-9-16-10-12-23(4)19(24)13-16/h5-8,10,12-15,26H,9,11H2,1-4H3,(H,22,25). The highest BCUT2D eigenvalue weighted by atomic mass is 16.5. The summed E-state index contributed by atoms with van der Waals surface area (Å²) in [6.07, 6.45) is 2.23. The number of aromatic nitrogens is 1. The molecule has 1 amide bonds. The van der Waals surface area contributed by atoms with Gasteiger partial charge < -0.3 is 19.6 Å². The van der Waals surface area contributed by atoms with Gasteiger partial charge in [-0.05, 0) is 48.5 Å². The van der Waals surface area contributed by atoms with Crippen LogP contribution in [0.1, 0.15) is 36.7 Å². The average Bonchev–Trinajstić information content (AvgIpc) is 2.64. The predicted octanol–water partition coefficient (Wildman–Crippen LogP) is 1.11. The quantitative estimate of drug-likeness (QED) is 0.683. The van der Waals surface area contributed by atoms with Gasteiger partial charge in [-0.25, -0.2) is 0 Å². The molecule has 1 aromatic carbocycles. The van der Waals surface area contributed by atoms with Gasteiger partial charge in [0.25, 0.3) is 11.5 Å². The minimum Gasteiger partial charge on any atom is -0.423 e. The summed E-state index contributed by atoms with van der Waals surface area (Å²) >= 11 is 0. The van der Waals surface area contributed by atoms with E-state index in [2.05, 4.69) is 5.32 Å². The summed E-state index contributed by atoms with van der Waals surface area (Å²) in [5, 5.41) is 13.0. The summed E-state index contributed by atoms with van der Waals surface area (Å²) in [6, 6.07) is 10.1. The molecule has 7 heteroatoms. The van der Waals surface area contributed by atoms with E-state index in [9.17, 15) is 14.6 Å². The fourth-order valence-electron chi connectivity index (χ4n) is 2.41. The summed E-state index contributed by atoms with van der Waals surface area (Å²) in [4.78, 5) is 23.8. The van der Waals surface area contributed by atoms with E-state index >= 15 is 0 Å². The predicted molar refractivity (Wildman–Crippen MR) is 107 cm³/mol. The molecule has 0 fully saturated rings. The number of amides is 1. The molecule has 6 nitrogen and oxygen atoms in total. The van der Waals surface area contributed by atoms with Gasteiger partial charge in [0.1, 0.15) is 0 Å². The molecule has 0 saturated heterocycles. The number of hydrogen-bond acceptors (Lipinski definition) is 4. The Labute approximate surface area is 160 Å². The van der Waals surface area contributed by atoms with Crippen molar-refractivity contribution in [2.75, 3.05) is 6.54 Å². The Bertz CT molecular complexity index is 817. The Morgan fingerprint density at radius 2 is 1.89 bits per heavy atom. The van der Waals surface area contributed by atoms with Crippen LogP contribution in [0.25, 0.3) is 0 Å². The van der Waals surface area contributed by atoms with Gasteiger partial charge in [-0.3, -0.25) is 9.59 Å². The molecule has 0 radical (unpaired) electrons. The zero-order chi connectivity index (χ0) is 20.0. The summed E-state index contributed by atoms with van der Waals surface area (Å²) in [6.45, 7) is 6.40. The van der Waals surface area contributed by atoms with Crippen LogP contribution in [0.15, 0.2) is 47.4 Å². The van der Waals surface area contributed by atoms with Gasteiger partial charge >= 0.3 is 7.12 Å². The summed E-state index contributed by atoms with van der Waals surface area (Å²) in [7, 11) is 0.684. The molecular formula is C20H27BN2O4. The van der Waals surface area contributed by atoms with E-state index in [1.54, 1.807) is 43.6 Å². The molecule has 0 bridgehead atoms. The van der Waals surface area contributed by atoms with Crippen LogP contribution >= 0.6 is 0 Å². The number of carbonyl (C=O) groups excluding carboxylic acids is 1. The van der Waals surface area contributed by atoms with Crippen molar-refractivity contribution in [2.24, 2.45) is 13.0 Å². The van der Waals surface area contributed by atoms with Crippen molar-refractivity contribution < 1.29 is 14.5 Å². The fourth-order valence-corrected chi connectivity index (χ4v) is 2.41. The minimum atomic E-state index is -1.01. The number of benzene rings is 1. The zero-order valence-corrected chi connectivity index (χ0v) is 16.3. The average molecular weight is 370 g/mol. The Balaban J connectivity index is 1.87. The van der Waals surface area contributed by atoms with E-state index in [1.807, 2.05) is 26.8 Å². The lowest BCUT2D eigenvalue weighted by Crippen LogP contribution is -2.38. The first kappa shape index (κ1) is 20.9. The van der Waals surface area contributed by atoms with Gasteiger partial charge in [0.05, 0.1) is 0 Å². The van der Waals surface area contributed by atoms with Crippen molar-refractivity contribution in [3.63, 3.8) is 0 Å². The highest BCUT2D eigenvalue weighted by Crippen LogP contribution is 2.07. The molecule has 0 saturated carbocycles. The summed E-state index contributed by atoms with van der Waals surface area (Å²) in [5.41, 5.74) is 1.93. The number of nitrogens with one attached hydrogen (secondary N) is 1. The van der Waals surface area contributed by atoms with Crippen molar-refractivity contribution in [3.05, 3.63) is 64.1 Å². The molecule has 27 heavy (non-hydrogen) atoms. The van der Waals surface area contributed by atoms with Crippen molar-refractivity contribution in [1.29, 1.82) is 0 Å². The lowest BCUT2D eigenvalue weighted by atomic mass is 9.78. The molecule has 2 rings (SSSR count). The molecule has 1 aromatic heterocycles. The first-order valence-corrected chi connectivity index (χ1v) is 9.15. The van der Waals surface area contributed by atoms with Crippen LogP contribution in [0, 0.1) is 5.92 Å². The molecule has 2 N–H and O–H groups in total. The lowest BCUT2D eigenvalue weighted by Gasteiger charge is -2.19. The SMILES string of the molecule is CC(C)C(C)OB(O)c1ccc(C(=O)NCCc2ccn(C)c(=O)c2)cc1. The molecule has 1 unspecified atom stereocenters. The molecule has 144 valence electrons. The molecule has 2 aromatic rings. The van der Waals surface area contributed by atoms with Crippen LogP contribution in [0.2, 0.25) is 0 Å². The van der Waals surface area contributed by atoms with Gasteiger partial charge in [-0.1, -0.05) is 26.0 Å². The minimum absolute atomic E-state index is 0.0676. The third-order valence-electron chi connectivity index (χ3n) is 4.61. The number of carbonyl (C=O) groups is 1. The second kappa shape index (κ2) is 9.53. The van der Waals surface area contributed by atoms with E-state index in [1.165, 1.54) is 4.57 Å². The molecule has 0 aliphatic rings. The lowest BCUT2D eigenvalue weighted by molar-refractivity contribution is 0.0954. The molecular weight excluding hydrogens is 343 g/mol. The Morgan fingerprint density at radius 3 is 2.48 bits per heavy atom. The second-order valence-electron chi connectivity index (χ2n) is 7.05. The van der Waals surface area contributed by atoms with Crippen LogP contribution in [0.4, 0.5) is 0 Å². The first-order valence-electron chi connectivity index (χ1n) is 9.15. The normalized spacial score (nSPS) is 12.1. The maximum Gasteiger partial charge on any atom is 0.491 e. The van der Waals surface area contributed by atoms with Crippen LogP contribution in [0.3, 0.4) is 0 Å². The number of pyridine rings is 1. The smallest absolute Gasteiger partial charge is 0.423 e. The Morgan fingerprint density at radius 1 is 1.22 bits per heavy atom. The van der Waals surface area contributed by atoms with Gasteiger partial charge in [0.15, 0.2) is 0 Å². The summed E-state index contributed by atoms with van der Waals surface area (Å²) < 4.78 is 7.06. The molecule has 0 aliphatic carbocycles. The third-order valence-corrected chi connectivity index (χ3v) is 4.61. The fraction of sp³-hybridized carbons (Fsp3) is 0.400. The summed E-state index contributed by atoms with van der Waals surface area (Å²) in [5.74, 6) is 0.103. The second-order valence-corrected chi connectivity index (χ2v) is 7.05. The van der Waals surface area contributed by atoms with E-state index in [-0.39, 0.29) is 17.6 Å².